The van der Waals surface area contributed by atoms with Crippen molar-refractivity contribution in [2.45, 2.75) is 38.1 Å². The summed E-state index contributed by atoms with van der Waals surface area (Å²) < 4.78 is 0. The molecule has 0 spiro atoms. The number of likely N-dealkylation sites (tertiary alicyclic amines) is 1. The maximum Gasteiger partial charge on any atom is 0.234 e. The molecule has 3 nitrogen and oxygen atoms in total. The molecule has 1 heterocycles. The second kappa shape index (κ2) is 6.55. The number of benzene rings is 1. The average Bonchev–Trinajstić information content (AvgIpc) is 2.40. The summed E-state index contributed by atoms with van der Waals surface area (Å²) in [6.07, 6.45) is 5.41. The van der Waals surface area contributed by atoms with Crippen LogP contribution in [0.5, 0.6) is 0 Å². The number of rotatable bonds is 5. The van der Waals surface area contributed by atoms with E-state index in [1.54, 1.807) is 0 Å². The first-order valence-electron chi connectivity index (χ1n) is 6.84. The summed E-state index contributed by atoms with van der Waals surface area (Å²) in [5.41, 5.74) is 6.83. The Hall–Kier alpha value is -1.35. The number of carbonyl (C=O) groups excluding carboxylic acids is 1. The molecule has 0 aliphatic carbocycles. The number of nitrogens with two attached hydrogens (primary N) is 1. The van der Waals surface area contributed by atoms with Crippen molar-refractivity contribution in [2.75, 3.05) is 13.1 Å². The van der Waals surface area contributed by atoms with Gasteiger partial charge in [0.05, 0.1) is 6.04 Å². The van der Waals surface area contributed by atoms with E-state index in [9.17, 15) is 4.79 Å². The maximum atomic E-state index is 11.4. The number of aryl methyl sites for hydroxylation is 1. The van der Waals surface area contributed by atoms with Crippen molar-refractivity contribution in [1.29, 1.82) is 0 Å². The summed E-state index contributed by atoms with van der Waals surface area (Å²) >= 11 is 0. The van der Waals surface area contributed by atoms with Gasteiger partial charge in [0.2, 0.25) is 5.91 Å². The predicted molar refractivity (Wildman–Crippen MR) is 73.2 cm³/mol. The molecule has 1 fully saturated rings. The van der Waals surface area contributed by atoms with Crippen LogP contribution in [0.1, 0.15) is 31.2 Å². The molecule has 0 bridgehead atoms. The third-order valence-corrected chi connectivity index (χ3v) is 3.70. The maximum absolute atomic E-state index is 11.4. The molecule has 1 aromatic carbocycles. The molecule has 18 heavy (non-hydrogen) atoms. The van der Waals surface area contributed by atoms with E-state index in [1.807, 2.05) is 6.07 Å². The van der Waals surface area contributed by atoms with Crippen molar-refractivity contribution in [1.82, 2.24) is 4.90 Å². The average molecular weight is 246 g/mol. The number of hydrogen-bond donors (Lipinski definition) is 1. The van der Waals surface area contributed by atoms with Crippen LogP contribution in [0.2, 0.25) is 0 Å². The van der Waals surface area contributed by atoms with Crippen LogP contribution in [0, 0.1) is 0 Å². The van der Waals surface area contributed by atoms with Crippen LogP contribution >= 0.6 is 0 Å². The summed E-state index contributed by atoms with van der Waals surface area (Å²) in [6, 6.07) is 10.5. The van der Waals surface area contributed by atoms with Crippen LogP contribution in [0.15, 0.2) is 30.3 Å². The van der Waals surface area contributed by atoms with Gasteiger partial charge in [-0.1, -0.05) is 36.8 Å². The van der Waals surface area contributed by atoms with Crippen LogP contribution in [0.3, 0.4) is 0 Å². The van der Waals surface area contributed by atoms with Gasteiger partial charge in [0.25, 0.3) is 0 Å². The van der Waals surface area contributed by atoms with Crippen molar-refractivity contribution in [2.24, 2.45) is 5.73 Å². The van der Waals surface area contributed by atoms with Crippen LogP contribution in [-0.4, -0.2) is 29.9 Å². The minimum atomic E-state index is -0.158. The number of amides is 1. The quantitative estimate of drug-likeness (QED) is 0.863. The van der Waals surface area contributed by atoms with Crippen LogP contribution in [0.25, 0.3) is 0 Å². The highest BCUT2D eigenvalue weighted by Gasteiger charge is 2.25. The molecule has 1 amide bonds. The van der Waals surface area contributed by atoms with Gasteiger partial charge in [-0.15, -0.1) is 0 Å². The summed E-state index contributed by atoms with van der Waals surface area (Å²) in [5, 5.41) is 0. The third-order valence-electron chi connectivity index (χ3n) is 3.70. The van der Waals surface area contributed by atoms with E-state index in [0.717, 1.165) is 38.8 Å². The molecular formula is C15H22N2O. The Labute approximate surface area is 109 Å². The molecule has 0 unspecified atom stereocenters. The Morgan fingerprint density at radius 3 is 2.78 bits per heavy atom. The SMILES string of the molecule is NC(=O)[C@H]1CCCCN1CCCc1ccccc1. The molecule has 98 valence electrons. The van der Waals surface area contributed by atoms with E-state index in [2.05, 4.69) is 29.2 Å². The molecule has 0 aromatic heterocycles. The first-order chi connectivity index (χ1) is 8.77. The molecule has 1 aromatic rings. The molecule has 0 radical (unpaired) electrons. The van der Waals surface area contributed by atoms with Crippen molar-refractivity contribution >= 4 is 5.91 Å². The Balaban J connectivity index is 1.79. The topological polar surface area (TPSA) is 46.3 Å². The highest BCUT2D eigenvalue weighted by molar-refractivity contribution is 5.79. The van der Waals surface area contributed by atoms with Gasteiger partial charge in [0, 0.05) is 0 Å². The van der Waals surface area contributed by atoms with Crippen molar-refractivity contribution in [3.63, 3.8) is 0 Å². The third kappa shape index (κ3) is 3.57. The number of nitrogens with zero attached hydrogens (tertiary/aromatic N) is 1. The zero-order valence-corrected chi connectivity index (χ0v) is 10.8. The fourth-order valence-corrected chi connectivity index (χ4v) is 2.71. The van der Waals surface area contributed by atoms with Crippen LogP contribution in [0.4, 0.5) is 0 Å². The van der Waals surface area contributed by atoms with Crippen LogP contribution in [-0.2, 0) is 11.2 Å². The van der Waals surface area contributed by atoms with Gasteiger partial charge in [-0.25, -0.2) is 0 Å². The lowest BCUT2D eigenvalue weighted by Gasteiger charge is -2.33. The van der Waals surface area contributed by atoms with Gasteiger partial charge in [-0.05, 0) is 44.3 Å². The molecule has 1 aliphatic heterocycles. The number of carbonyl (C=O) groups is 1. The smallest absolute Gasteiger partial charge is 0.234 e. The lowest BCUT2D eigenvalue weighted by atomic mass is 10.0. The fourth-order valence-electron chi connectivity index (χ4n) is 2.71. The summed E-state index contributed by atoms with van der Waals surface area (Å²) in [6.45, 7) is 1.99. The fraction of sp³-hybridized carbons (Fsp3) is 0.533. The zero-order valence-electron chi connectivity index (χ0n) is 10.8. The lowest BCUT2D eigenvalue weighted by molar-refractivity contribution is -0.124. The molecule has 2 rings (SSSR count). The van der Waals surface area contributed by atoms with E-state index in [1.165, 1.54) is 12.0 Å². The van der Waals surface area contributed by atoms with Gasteiger partial charge in [0.1, 0.15) is 0 Å². The number of hydrogen-bond acceptors (Lipinski definition) is 2. The summed E-state index contributed by atoms with van der Waals surface area (Å²) in [5.74, 6) is -0.158. The van der Waals surface area contributed by atoms with Gasteiger partial charge in [0.15, 0.2) is 0 Å². The molecule has 1 saturated heterocycles. The van der Waals surface area contributed by atoms with E-state index in [4.69, 9.17) is 5.73 Å². The largest absolute Gasteiger partial charge is 0.368 e. The predicted octanol–water partition coefficient (Wildman–Crippen LogP) is 1.96. The number of primary amides is 1. The normalized spacial score (nSPS) is 20.8. The van der Waals surface area contributed by atoms with Crippen molar-refractivity contribution in [3.05, 3.63) is 35.9 Å². The van der Waals surface area contributed by atoms with Gasteiger partial charge >= 0.3 is 0 Å². The van der Waals surface area contributed by atoms with Crippen LogP contribution < -0.4 is 5.73 Å². The molecule has 0 saturated carbocycles. The van der Waals surface area contributed by atoms with Gasteiger partial charge in [-0.2, -0.15) is 0 Å². The van der Waals surface area contributed by atoms with Crippen molar-refractivity contribution < 1.29 is 4.79 Å². The second-order valence-electron chi connectivity index (χ2n) is 5.04. The Bertz CT molecular complexity index is 377. The molecule has 3 heteroatoms. The summed E-state index contributed by atoms with van der Waals surface area (Å²) in [7, 11) is 0. The standard InChI is InChI=1S/C15H22N2O/c16-15(18)14-10-4-5-11-17(14)12-6-9-13-7-2-1-3-8-13/h1-3,7-8,14H,4-6,9-12H2,(H2,16,18)/t14-/m1/s1. The van der Waals surface area contributed by atoms with E-state index >= 15 is 0 Å². The Morgan fingerprint density at radius 2 is 2.06 bits per heavy atom. The first-order valence-corrected chi connectivity index (χ1v) is 6.84. The van der Waals surface area contributed by atoms with Gasteiger partial charge in [-0.3, -0.25) is 9.69 Å². The lowest BCUT2D eigenvalue weighted by Crippen LogP contribution is -2.48. The molecule has 1 atom stereocenters. The van der Waals surface area contributed by atoms with Crippen molar-refractivity contribution in [3.8, 4) is 0 Å². The zero-order chi connectivity index (χ0) is 12.8. The van der Waals surface area contributed by atoms with E-state index < -0.39 is 0 Å². The number of piperidine rings is 1. The minimum Gasteiger partial charge on any atom is -0.368 e. The minimum absolute atomic E-state index is 0.0328. The molecular weight excluding hydrogens is 224 g/mol. The Morgan fingerprint density at radius 1 is 1.28 bits per heavy atom. The highest BCUT2D eigenvalue weighted by Crippen LogP contribution is 2.17. The molecule has 1 aliphatic rings. The van der Waals surface area contributed by atoms with Gasteiger partial charge < -0.3 is 5.73 Å². The highest BCUT2D eigenvalue weighted by atomic mass is 16.1. The molecule has 2 N–H and O–H groups in total. The monoisotopic (exact) mass is 246 g/mol. The second-order valence-corrected chi connectivity index (χ2v) is 5.04. The summed E-state index contributed by atoms with van der Waals surface area (Å²) in [4.78, 5) is 13.6. The van der Waals surface area contributed by atoms with E-state index in [-0.39, 0.29) is 11.9 Å². The first kappa shape index (κ1) is 13.1. The Kier molecular flexibility index (Phi) is 4.76. The van der Waals surface area contributed by atoms with E-state index in [0.29, 0.717) is 0 Å².